The molecule has 0 N–H and O–H groups in total. The number of hydrogen-bond acceptors (Lipinski definition) is 3. The fraction of sp³-hybridized carbons (Fsp3) is 0.148. The molecule has 0 radical (unpaired) electrons. The molecule has 5 heteroatoms. The average molecular weight is 420 g/mol. The molecule has 1 aliphatic carbocycles. The molecule has 0 unspecified atom stereocenters. The lowest BCUT2D eigenvalue weighted by atomic mass is 9.79. The van der Waals surface area contributed by atoms with E-state index >= 15 is 0 Å². The van der Waals surface area contributed by atoms with Crippen LogP contribution in [-0.4, -0.2) is 22.3 Å². The van der Waals surface area contributed by atoms with E-state index < -0.39 is 11.8 Å². The van der Waals surface area contributed by atoms with Crippen LogP contribution in [0.1, 0.15) is 21.6 Å². The third-order valence-corrected chi connectivity index (χ3v) is 6.72. The fourth-order valence-electron chi connectivity index (χ4n) is 5.25. The number of anilines is 1. The second-order valence-electron chi connectivity index (χ2n) is 8.42. The summed E-state index contributed by atoms with van der Waals surface area (Å²) in [4.78, 5) is 41.5. The highest BCUT2D eigenvalue weighted by Crippen LogP contribution is 2.43. The van der Waals surface area contributed by atoms with Crippen LogP contribution in [0.15, 0.2) is 84.9 Å². The molecule has 2 atom stereocenters. The van der Waals surface area contributed by atoms with Crippen molar-refractivity contribution in [2.75, 3.05) is 4.90 Å². The van der Waals surface area contributed by atoms with Crippen molar-refractivity contribution in [3.63, 3.8) is 0 Å². The van der Waals surface area contributed by atoms with E-state index in [-0.39, 0.29) is 17.7 Å². The highest BCUT2D eigenvalue weighted by atomic mass is 16.2. The van der Waals surface area contributed by atoms with Crippen LogP contribution in [0.2, 0.25) is 0 Å². The maximum atomic E-state index is 13.5. The quantitative estimate of drug-likeness (QED) is 0.456. The first-order valence-corrected chi connectivity index (χ1v) is 10.8. The average Bonchev–Trinajstić information content (AvgIpc) is 3.29. The highest BCUT2D eigenvalue weighted by molar-refractivity contribution is 6.22. The molecule has 0 spiro atoms. The third kappa shape index (κ3) is 2.61. The third-order valence-electron chi connectivity index (χ3n) is 6.72. The first kappa shape index (κ1) is 18.8. The molecule has 156 valence electrons. The molecule has 1 aromatic heterocycles. The predicted octanol–water partition coefficient (Wildman–Crippen LogP) is 4.23. The van der Waals surface area contributed by atoms with Crippen LogP contribution >= 0.6 is 0 Å². The molecule has 32 heavy (non-hydrogen) atoms. The maximum absolute atomic E-state index is 13.5. The molecule has 1 fully saturated rings. The number of nitrogens with zero attached hydrogens (tertiary/aromatic N) is 2. The Labute approximate surface area is 184 Å². The van der Waals surface area contributed by atoms with Gasteiger partial charge in [0, 0.05) is 23.1 Å². The van der Waals surface area contributed by atoms with Gasteiger partial charge in [0.05, 0.1) is 23.0 Å². The van der Waals surface area contributed by atoms with Crippen molar-refractivity contribution in [2.24, 2.45) is 11.8 Å². The van der Waals surface area contributed by atoms with Crippen molar-refractivity contribution >= 4 is 34.3 Å². The number of aromatic nitrogens is 1. The van der Waals surface area contributed by atoms with E-state index in [0.717, 1.165) is 22.2 Å². The summed E-state index contributed by atoms with van der Waals surface area (Å²) in [6, 6.07) is 26.1. The van der Waals surface area contributed by atoms with Crippen molar-refractivity contribution in [3.8, 4) is 0 Å². The number of para-hydroxylation sites is 2. The number of hydrogen-bond donors (Lipinski definition) is 0. The molecule has 1 aliphatic heterocycles. The fourth-order valence-corrected chi connectivity index (χ4v) is 5.25. The van der Waals surface area contributed by atoms with Gasteiger partial charge in [-0.2, -0.15) is 0 Å². The summed E-state index contributed by atoms with van der Waals surface area (Å²) in [6.07, 6.45) is 0.838. The smallest absolute Gasteiger partial charge is 0.262 e. The topological polar surface area (TPSA) is 59.4 Å². The second-order valence-corrected chi connectivity index (χ2v) is 8.42. The van der Waals surface area contributed by atoms with Gasteiger partial charge in [-0.05, 0) is 42.3 Å². The van der Waals surface area contributed by atoms with E-state index in [1.54, 1.807) is 28.8 Å². The first-order valence-electron chi connectivity index (χ1n) is 10.8. The zero-order valence-corrected chi connectivity index (χ0v) is 17.3. The molecule has 4 aromatic rings. The Kier molecular flexibility index (Phi) is 4.12. The summed E-state index contributed by atoms with van der Waals surface area (Å²) in [6.45, 7) is 0. The molecule has 6 rings (SSSR count). The highest BCUT2D eigenvalue weighted by Gasteiger charge is 2.51. The van der Waals surface area contributed by atoms with Gasteiger partial charge in [-0.1, -0.05) is 54.6 Å². The number of carbonyl (C=O) groups is 3. The summed E-state index contributed by atoms with van der Waals surface area (Å²) in [5, 5.41) is 0.976. The molecular weight excluding hydrogens is 400 g/mol. The number of benzene rings is 3. The largest absolute Gasteiger partial charge is 0.280 e. The predicted molar refractivity (Wildman–Crippen MR) is 121 cm³/mol. The molecule has 2 aliphatic rings. The zero-order chi connectivity index (χ0) is 21.8. The number of rotatable bonds is 2. The standard InChI is InChI=1S/C27H20N2O3/c30-25(17-9-3-1-4-10-17)29-23-14-8-7-13-19(23)20-15-21-22(16-24(20)29)27(32)28(26(21)31)18-11-5-2-6-12-18/h1-14,21-22H,15-16H2/t21-,22+/m0/s1. The normalized spacial score (nSPS) is 19.8. The Bertz CT molecular complexity index is 1390. The van der Waals surface area contributed by atoms with E-state index in [2.05, 4.69) is 0 Å². The van der Waals surface area contributed by atoms with Gasteiger partial charge in [0.1, 0.15) is 0 Å². The van der Waals surface area contributed by atoms with Gasteiger partial charge in [0.15, 0.2) is 0 Å². The Balaban J connectivity index is 1.48. The molecule has 1 saturated heterocycles. The van der Waals surface area contributed by atoms with Gasteiger partial charge in [-0.15, -0.1) is 0 Å². The van der Waals surface area contributed by atoms with Gasteiger partial charge < -0.3 is 0 Å². The lowest BCUT2D eigenvalue weighted by molar-refractivity contribution is -0.122. The van der Waals surface area contributed by atoms with E-state index in [0.29, 0.717) is 24.1 Å². The van der Waals surface area contributed by atoms with Gasteiger partial charge in [-0.25, -0.2) is 0 Å². The van der Waals surface area contributed by atoms with Crippen LogP contribution in [0.5, 0.6) is 0 Å². The van der Waals surface area contributed by atoms with E-state index in [1.165, 1.54) is 4.90 Å². The van der Waals surface area contributed by atoms with E-state index in [1.807, 2.05) is 60.7 Å². The zero-order valence-electron chi connectivity index (χ0n) is 17.3. The Hall–Kier alpha value is -3.99. The first-order chi connectivity index (χ1) is 15.6. The summed E-state index contributed by atoms with van der Waals surface area (Å²) >= 11 is 0. The van der Waals surface area contributed by atoms with Crippen LogP contribution in [0.4, 0.5) is 5.69 Å². The molecule has 3 aromatic carbocycles. The van der Waals surface area contributed by atoms with Gasteiger partial charge in [0.2, 0.25) is 11.8 Å². The second kappa shape index (κ2) is 7.02. The van der Waals surface area contributed by atoms with Crippen molar-refractivity contribution in [1.82, 2.24) is 4.57 Å². The van der Waals surface area contributed by atoms with E-state index in [9.17, 15) is 14.4 Å². The van der Waals surface area contributed by atoms with Crippen molar-refractivity contribution in [2.45, 2.75) is 12.8 Å². The SMILES string of the molecule is O=C1[C@H]2Cc3c(n(C(=O)c4ccccc4)c4ccccc34)C[C@H]2C(=O)N1c1ccccc1. The summed E-state index contributed by atoms with van der Waals surface area (Å²) < 4.78 is 1.75. The monoisotopic (exact) mass is 420 g/mol. The minimum atomic E-state index is -0.457. The summed E-state index contributed by atoms with van der Waals surface area (Å²) in [7, 11) is 0. The van der Waals surface area contributed by atoms with Crippen LogP contribution < -0.4 is 4.90 Å². The molecule has 2 heterocycles. The number of fused-ring (bicyclic) bond motifs is 4. The lowest BCUT2D eigenvalue weighted by Crippen LogP contribution is -2.31. The summed E-state index contributed by atoms with van der Waals surface area (Å²) in [5.41, 5.74) is 3.87. The Morgan fingerprint density at radius 3 is 2.03 bits per heavy atom. The number of amides is 2. The molecule has 5 nitrogen and oxygen atoms in total. The summed E-state index contributed by atoms with van der Waals surface area (Å²) in [5.74, 6) is -1.30. The van der Waals surface area contributed by atoms with Gasteiger partial charge in [0.25, 0.3) is 5.91 Å². The van der Waals surface area contributed by atoms with Crippen LogP contribution in [0.3, 0.4) is 0 Å². The van der Waals surface area contributed by atoms with Crippen LogP contribution in [0, 0.1) is 11.8 Å². The molecule has 0 bridgehead atoms. The van der Waals surface area contributed by atoms with Crippen molar-refractivity contribution < 1.29 is 14.4 Å². The molecular formula is C27H20N2O3. The van der Waals surface area contributed by atoms with Crippen LogP contribution in [0.25, 0.3) is 10.9 Å². The van der Waals surface area contributed by atoms with Crippen molar-refractivity contribution in [1.29, 1.82) is 0 Å². The maximum Gasteiger partial charge on any atom is 0.262 e. The molecule has 2 amide bonds. The Morgan fingerprint density at radius 1 is 0.719 bits per heavy atom. The lowest BCUT2D eigenvalue weighted by Gasteiger charge is -2.23. The number of carbonyl (C=O) groups excluding carboxylic acids is 3. The molecule has 0 saturated carbocycles. The Morgan fingerprint density at radius 2 is 1.31 bits per heavy atom. The van der Waals surface area contributed by atoms with Gasteiger partial charge >= 0.3 is 0 Å². The van der Waals surface area contributed by atoms with Crippen molar-refractivity contribution in [3.05, 3.63) is 102 Å². The number of imide groups is 1. The van der Waals surface area contributed by atoms with E-state index in [4.69, 9.17) is 0 Å². The minimum absolute atomic E-state index is 0.113. The van der Waals surface area contributed by atoms with Gasteiger partial charge in [-0.3, -0.25) is 23.9 Å². The van der Waals surface area contributed by atoms with Crippen LogP contribution in [-0.2, 0) is 22.4 Å². The minimum Gasteiger partial charge on any atom is -0.280 e.